The Labute approximate surface area is 133 Å². The topological polar surface area (TPSA) is 83.7 Å². The van der Waals surface area contributed by atoms with Gasteiger partial charge in [-0.2, -0.15) is 10.1 Å². The van der Waals surface area contributed by atoms with Crippen LogP contribution < -0.4 is 4.90 Å². The Morgan fingerprint density at radius 3 is 3.04 bits per heavy atom. The fourth-order valence-corrected chi connectivity index (χ4v) is 3.07. The number of hydrogen-bond acceptors (Lipinski definition) is 6. The molecule has 1 aliphatic heterocycles. The number of pyridine rings is 1. The average Bonchev–Trinajstić information content (AvgIpc) is 3.27. The summed E-state index contributed by atoms with van der Waals surface area (Å²) in [5.74, 6) is 2.58. The predicted molar refractivity (Wildman–Crippen MR) is 85.0 cm³/mol. The van der Waals surface area contributed by atoms with Gasteiger partial charge in [-0.25, -0.2) is 4.98 Å². The van der Waals surface area contributed by atoms with Crippen molar-refractivity contribution >= 4 is 5.82 Å². The highest BCUT2D eigenvalue weighted by Crippen LogP contribution is 2.29. The lowest BCUT2D eigenvalue weighted by atomic mass is 9.95. The van der Waals surface area contributed by atoms with Crippen molar-refractivity contribution in [2.45, 2.75) is 25.7 Å². The molecule has 1 aliphatic rings. The van der Waals surface area contributed by atoms with Crippen molar-refractivity contribution in [1.82, 2.24) is 25.3 Å². The Morgan fingerprint density at radius 2 is 2.26 bits per heavy atom. The number of nitrogens with one attached hydrogen (secondary N) is 1. The first-order valence-electron chi connectivity index (χ1n) is 7.80. The minimum atomic E-state index is 0.461. The molecule has 0 radical (unpaired) electrons. The Balaban J connectivity index is 1.58. The maximum Gasteiger partial charge on any atom is 0.258 e. The molecule has 0 bridgehead atoms. The third-order valence-corrected chi connectivity index (χ3v) is 4.23. The zero-order valence-corrected chi connectivity index (χ0v) is 12.9. The van der Waals surface area contributed by atoms with E-state index in [1.54, 1.807) is 6.20 Å². The predicted octanol–water partition coefficient (Wildman–Crippen LogP) is 2.55. The number of nitrogens with zero attached hydrogens (tertiary/aromatic N) is 5. The first-order valence-corrected chi connectivity index (χ1v) is 7.80. The zero-order chi connectivity index (χ0) is 15.6. The lowest BCUT2D eigenvalue weighted by Gasteiger charge is -2.33. The van der Waals surface area contributed by atoms with Crippen LogP contribution in [0.15, 0.2) is 35.1 Å². The van der Waals surface area contributed by atoms with Gasteiger partial charge < -0.3 is 9.42 Å². The normalized spacial score (nSPS) is 18.3. The monoisotopic (exact) mass is 310 g/mol. The quantitative estimate of drug-likeness (QED) is 0.800. The van der Waals surface area contributed by atoms with Crippen molar-refractivity contribution in [3.63, 3.8) is 0 Å². The summed E-state index contributed by atoms with van der Waals surface area (Å²) in [4.78, 5) is 11.1. The van der Waals surface area contributed by atoms with Crippen LogP contribution in [-0.2, 0) is 0 Å². The molecule has 0 saturated carbocycles. The summed E-state index contributed by atoms with van der Waals surface area (Å²) in [6.45, 7) is 3.75. The van der Waals surface area contributed by atoms with Gasteiger partial charge in [-0.1, -0.05) is 5.16 Å². The van der Waals surface area contributed by atoms with Crippen LogP contribution in [0.1, 0.15) is 30.3 Å². The van der Waals surface area contributed by atoms with Gasteiger partial charge in [-0.3, -0.25) is 5.10 Å². The van der Waals surface area contributed by atoms with E-state index in [1.165, 1.54) is 12.1 Å². The molecule has 1 unspecified atom stereocenters. The Morgan fingerprint density at radius 1 is 1.30 bits per heavy atom. The van der Waals surface area contributed by atoms with Gasteiger partial charge in [0.25, 0.3) is 5.89 Å². The van der Waals surface area contributed by atoms with E-state index in [9.17, 15) is 0 Å². The second-order valence-electron chi connectivity index (χ2n) is 5.85. The van der Waals surface area contributed by atoms with Gasteiger partial charge >= 0.3 is 0 Å². The van der Waals surface area contributed by atoms with Gasteiger partial charge in [-0.05, 0) is 38.0 Å². The average molecular weight is 310 g/mol. The summed E-state index contributed by atoms with van der Waals surface area (Å²) in [6.07, 6.45) is 5.91. The first-order chi connectivity index (χ1) is 11.3. The molecular formula is C16H18N6O. The second-order valence-corrected chi connectivity index (χ2v) is 5.85. The highest BCUT2D eigenvalue weighted by atomic mass is 16.5. The minimum Gasteiger partial charge on any atom is -0.356 e. The van der Waals surface area contributed by atoms with E-state index in [0.29, 0.717) is 17.6 Å². The van der Waals surface area contributed by atoms with E-state index in [4.69, 9.17) is 4.52 Å². The van der Waals surface area contributed by atoms with E-state index in [-0.39, 0.29) is 0 Å². The van der Waals surface area contributed by atoms with Crippen molar-refractivity contribution in [2.75, 3.05) is 18.0 Å². The summed E-state index contributed by atoms with van der Waals surface area (Å²) in [5, 5.41) is 11.0. The van der Waals surface area contributed by atoms with Crippen LogP contribution >= 0.6 is 0 Å². The Bertz CT molecular complexity index is 781. The van der Waals surface area contributed by atoms with Gasteiger partial charge in [0.05, 0.1) is 0 Å². The molecule has 4 heterocycles. The molecule has 0 aromatic carbocycles. The molecule has 3 aromatic heterocycles. The van der Waals surface area contributed by atoms with Crippen LogP contribution in [0, 0.1) is 6.92 Å². The lowest BCUT2D eigenvalue weighted by molar-refractivity contribution is 0.425. The van der Waals surface area contributed by atoms with Crippen LogP contribution in [0.5, 0.6) is 0 Å². The van der Waals surface area contributed by atoms with Crippen molar-refractivity contribution in [1.29, 1.82) is 0 Å². The summed E-state index contributed by atoms with van der Waals surface area (Å²) in [7, 11) is 0. The Hall–Kier alpha value is -2.70. The molecule has 4 rings (SSSR count). The van der Waals surface area contributed by atoms with Crippen LogP contribution in [0.2, 0.25) is 0 Å². The van der Waals surface area contributed by atoms with Crippen LogP contribution in [0.4, 0.5) is 5.82 Å². The zero-order valence-electron chi connectivity index (χ0n) is 12.9. The molecule has 0 amide bonds. The van der Waals surface area contributed by atoms with Crippen LogP contribution in [0.3, 0.4) is 0 Å². The summed E-state index contributed by atoms with van der Waals surface area (Å²) in [5.41, 5.74) is 2.10. The third-order valence-electron chi connectivity index (χ3n) is 4.23. The molecule has 0 spiro atoms. The van der Waals surface area contributed by atoms with Gasteiger partial charge in [0.2, 0.25) is 0 Å². The van der Waals surface area contributed by atoms with Gasteiger partial charge in [0, 0.05) is 42.7 Å². The van der Waals surface area contributed by atoms with E-state index in [1.807, 2.05) is 25.3 Å². The molecule has 1 N–H and O–H groups in total. The van der Waals surface area contributed by atoms with Gasteiger partial charge in [0.1, 0.15) is 5.82 Å². The van der Waals surface area contributed by atoms with Crippen LogP contribution in [-0.4, -0.2) is 38.4 Å². The molecule has 7 heteroatoms. The van der Waals surface area contributed by atoms with E-state index >= 15 is 0 Å². The number of aromatic nitrogens is 5. The molecule has 118 valence electrons. The number of hydrogen-bond donors (Lipinski definition) is 1. The second kappa shape index (κ2) is 5.83. The fourth-order valence-electron chi connectivity index (χ4n) is 3.07. The molecule has 23 heavy (non-hydrogen) atoms. The van der Waals surface area contributed by atoms with Crippen molar-refractivity contribution < 1.29 is 4.52 Å². The molecule has 0 aliphatic carbocycles. The van der Waals surface area contributed by atoms with E-state index in [2.05, 4.69) is 36.3 Å². The molecule has 1 saturated heterocycles. The van der Waals surface area contributed by atoms with Crippen molar-refractivity contribution in [3.8, 4) is 11.5 Å². The standard InChI is InChI=1S/C16H18N6O/c1-11-19-16(23-21-11)12-4-6-17-15(9-12)22-8-2-3-13(10-22)14-5-7-18-20-14/h4-7,9,13H,2-3,8,10H2,1H3,(H,18,20). The smallest absolute Gasteiger partial charge is 0.258 e. The van der Waals surface area contributed by atoms with Crippen molar-refractivity contribution in [3.05, 3.63) is 42.1 Å². The number of piperidine rings is 1. The molecule has 3 aromatic rings. The molecule has 1 atom stereocenters. The van der Waals surface area contributed by atoms with Gasteiger partial charge in [0.15, 0.2) is 5.82 Å². The number of aromatic amines is 1. The third kappa shape index (κ3) is 2.81. The number of rotatable bonds is 3. The summed E-state index contributed by atoms with van der Waals surface area (Å²) in [6, 6.07) is 5.97. The molecular weight excluding hydrogens is 292 g/mol. The molecule has 1 fully saturated rings. The SMILES string of the molecule is Cc1noc(-c2ccnc(N3CCCC(c4ccn[nH]4)C3)c2)n1. The maximum absolute atomic E-state index is 5.25. The maximum atomic E-state index is 5.25. The number of anilines is 1. The van der Waals surface area contributed by atoms with Gasteiger partial charge in [-0.15, -0.1) is 0 Å². The highest BCUT2D eigenvalue weighted by molar-refractivity contribution is 5.58. The highest BCUT2D eigenvalue weighted by Gasteiger charge is 2.23. The summed E-state index contributed by atoms with van der Waals surface area (Å²) >= 11 is 0. The number of H-pyrrole nitrogens is 1. The minimum absolute atomic E-state index is 0.461. The molecule has 7 nitrogen and oxygen atoms in total. The van der Waals surface area contributed by atoms with Crippen LogP contribution in [0.25, 0.3) is 11.5 Å². The number of aryl methyl sites for hydroxylation is 1. The van der Waals surface area contributed by atoms with E-state index < -0.39 is 0 Å². The van der Waals surface area contributed by atoms with E-state index in [0.717, 1.165) is 30.9 Å². The fraction of sp³-hybridized carbons (Fsp3) is 0.375. The summed E-state index contributed by atoms with van der Waals surface area (Å²) < 4.78 is 5.25. The largest absolute Gasteiger partial charge is 0.356 e. The lowest BCUT2D eigenvalue weighted by Crippen LogP contribution is -2.35. The first kappa shape index (κ1) is 13.9. The van der Waals surface area contributed by atoms with Crippen molar-refractivity contribution in [2.24, 2.45) is 0 Å². The Kier molecular flexibility index (Phi) is 3.53.